The molecule has 3 N–H and O–H groups in total. The molecule has 0 saturated carbocycles. The maximum Gasteiger partial charge on any atom is 0.322 e. The van der Waals surface area contributed by atoms with Crippen LogP contribution in [0.2, 0.25) is 0 Å². The highest BCUT2D eigenvalue weighted by atomic mass is 16.2. The van der Waals surface area contributed by atoms with Crippen LogP contribution >= 0.6 is 0 Å². The third kappa shape index (κ3) is 3.02. The number of hydrogen-bond acceptors (Lipinski definition) is 6. The highest BCUT2D eigenvalue weighted by molar-refractivity contribution is 6.07. The number of rotatable bonds is 5. The van der Waals surface area contributed by atoms with Gasteiger partial charge in [-0.15, -0.1) is 0 Å². The molecule has 4 amide bonds. The van der Waals surface area contributed by atoms with Crippen molar-refractivity contribution in [2.75, 3.05) is 6.54 Å². The second-order valence-electron chi connectivity index (χ2n) is 6.62. The third-order valence-corrected chi connectivity index (χ3v) is 4.82. The largest absolute Gasteiger partial charge is 0.349 e. The van der Waals surface area contributed by atoms with Gasteiger partial charge < -0.3 is 15.2 Å². The number of nitrogens with one attached hydrogen (secondary N) is 3. The van der Waals surface area contributed by atoms with Gasteiger partial charge in [0, 0.05) is 31.8 Å². The van der Waals surface area contributed by atoms with Gasteiger partial charge in [-0.2, -0.15) is 5.10 Å². The van der Waals surface area contributed by atoms with Crippen LogP contribution in [0.15, 0.2) is 43.1 Å². The minimum absolute atomic E-state index is 0.172. The molecule has 11 nitrogen and oxygen atoms in total. The van der Waals surface area contributed by atoms with Gasteiger partial charge in [0.15, 0.2) is 5.54 Å². The summed E-state index contributed by atoms with van der Waals surface area (Å²) in [7, 11) is 1.70. The maximum atomic E-state index is 12.8. The number of aryl methyl sites for hydroxylation is 1. The predicted octanol–water partition coefficient (Wildman–Crippen LogP) is -0.226. The van der Waals surface area contributed by atoms with Crippen LogP contribution in [0.5, 0.6) is 0 Å². The van der Waals surface area contributed by atoms with Gasteiger partial charge in [-0.05, 0) is 19.1 Å². The number of imidazole rings is 1. The molecule has 3 aromatic rings. The van der Waals surface area contributed by atoms with E-state index in [-0.39, 0.29) is 6.54 Å². The Morgan fingerprint density at radius 3 is 2.62 bits per heavy atom. The van der Waals surface area contributed by atoms with Crippen molar-refractivity contribution < 1.29 is 14.4 Å². The Hall–Kier alpha value is -4.02. The van der Waals surface area contributed by atoms with Gasteiger partial charge in [0.2, 0.25) is 0 Å². The summed E-state index contributed by atoms with van der Waals surface area (Å²) in [5.41, 5.74) is 0.240. The fourth-order valence-corrected chi connectivity index (χ4v) is 3.32. The zero-order valence-electron chi connectivity index (χ0n) is 15.7. The van der Waals surface area contributed by atoms with Crippen molar-refractivity contribution in [3.63, 3.8) is 0 Å². The normalized spacial score (nSPS) is 18.4. The molecule has 0 aromatic carbocycles. The fourth-order valence-electron chi connectivity index (χ4n) is 3.32. The first kappa shape index (κ1) is 18.3. The van der Waals surface area contributed by atoms with Gasteiger partial charge in [0.1, 0.15) is 5.82 Å². The van der Waals surface area contributed by atoms with Crippen LogP contribution < -0.4 is 16.0 Å². The lowest BCUT2D eigenvalue weighted by atomic mass is 9.98. The number of urea groups is 1. The first-order valence-electron chi connectivity index (χ1n) is 8.77. The fraction of sp³-hybridized carbons (Fsp3) is 0.222. The first-order valence-corrected chi connectivity index (χ1v) is 8.77. The Morgan fingerprint density at radius 1 is 1.24 bits per heavy atom. The lowest BCUT2D eigenvalue weighted by Crippen LogP contribution is -2.54. The zero-order chi connectivity index (χ0) is 20.6. The molecule has 0 radical (unpaired) electrons. The summed E-state index contributed by atoms with van der Waals surface area (Å²) < 4.78 is 3.24. The first-order chi connectivity index (χ1) is 13.9. The molecule has 1 saturated heterocycles. The Bertz CT molecular complexity index is 1100. The van der Waals surface area contributed by atoms with Gasteiger partial charge >= 0.3 is 6.03 Å². The van der Waals surface area contributed by atoms with E-state index in [1.165, 1.54) is 12.4 Å². The molecular formula is C18H18N8O3. The van der Waals surface area contributed by atoms with Gasteiger partial charge in [-0.25, -0.2) is 14.5 Å². The summed E-state index contributed by atoms with van der Waals surface area (Å²) in [6.07, 6.45) is 7.88. The van der Waals surface area contributed by atoms with E-state index in [0.717, 1.165) is 5.69 Å². The minimum Gasteiger partial charge on any atom is -0.349 e. The van der Waals surface area contributed by atoms with Crippen molar-refractivity contribution >= 4 is 17.8 Å². The van der Waals surface area contributed by atoms with E-state index in [0.29, 0.717) is 17.1 Å². The van der Waals surface area contributed by atoms with Crippen LogP contribution in [0.4, 0.5) is 4.79 Å². The summed E-state index contributed by atoms with van der Waals surface area (Å²) in [5, 5.41) is 11.8. The van der Waals surface area contributed by atoms with Crippen molar-refractivity contribution in [1.29, 1.82) is 0 Å². The Kier molecular flexibility index (Phi) is 4.34. The molecule has 0 bridgehead atoms. The van der Waals surface area contributed by atoms with E-state index >= 15 is 0 Å². The molecule has 3 aromatic heterocycles. The summed E-state index contributed by atoms with van der Waals surface area (Å²) in [6.45, 7) is 1.59. The molecule has 1 aliphatic heterocycles. The van der Waals surface area contributed by atoms with Crippen molar-refractivity contribution in [1.82, 2.24) is 40.3 Å². The quantitative estimate of drug-likeness (QED) is 0.512. The monoisotopic (exact) mass is 394 g/mol. The molecule has 29 heavy (non-hydrogen) atoms. The topological polar surface area (TPSA) is 136 Å². The third-order valence-electron chi connectivity index (χ3n) is 4.82. The van der Waals surface area contributed by atoms with E-state index in [1.807, 2.05) is 0 Å². The number of imide groups is 1. The highest BCUT2D eigenvalue weighted by Crippen LogP contribution is 2.23. The van der Waals surface area contributed by atoms with Crippen LogP contribution in [-0.2, 0) is 17.4 Å². The number of hydrogen-bond donors (Lipinski definition) is 3. The number of amides is 4. The summed E-state index contributed by atoms with van der Waals surface area (Å²) in [6, 6.07) is 2.90. The number of carbonyl (C=O) groups excluding carboxylic acids is 3. The second kappa shape index (κ2) is 6.86. The van der Waals surface area contributed by atoms with Crippen LogP contribution in [0.3, 0.4) is 0 Å². The summed E-state index contributed by atoms with van der Waals surface area (Å²) >= 11 is 0. The van der Waals surface area contributed by atoms with Crippen molar-refractivity contribution in [2.45, 2.75) is 12.5 Å². The van der Waals surface area contributed by atoms with Crippen LogP contribution in [0.1, 0.15) is 21.9 Å². The van der Waals surface area contributed by atoms with E-state index in [4.69, 9.17) is 0 Å². The molecule has 11 heteroatoms. The average molecular weight is 394 g/mol. The van der Waals surface area contributed by atoms with E-state index in [1.54, 1.807) is 53.9 Å². The molecule has 1 aliphatic rings. The van der Waals surface area contributed by atoms with Crippen LogP contribution in [0, 0.1) is 6.92 Å². The van der Waals surface area contributed by atoms with Crippen molar-refractivity contribution in [2.24, 2.45) is 7.05 Å². The Morgan fingerprint density at radius 2 is 2.00 bits per heavy atom. The van der Waals surface area contributed by atoms with E-state index in [9.17, 15) is 14.4 Å². The number of aromatic nitrogens is 5. The molecule has 1 unspecified atom stereocenters. The van der Waals surface area contributed by atoms with Crippen molar-refractivity contribution in [3.05, 3.63) is 60.2 Å². The Labute approximate surface area is 165 Å². The van der Waals surface area contributed by atoms with E-state index in [2.05, 4.69) is 31.0 Å². The van der Waals surface area contributed by atoms with Crippen molar-refractivity contribution in [3.8, 4) is 5.69 Å². The lowest BCUT2D eigenvalue weighted by molar-refractivity contribution is -0.124. The summed E-state index contributed by atoms with van der Waals surface area (Å²) in [4.78, 5) is 45.3. The Balaban J connectivity index is 1.59. The molecule has 148 valence electrons. The minimum atomic E-state index is -1.50. The van der Waals surface area contributed by atoms with Gasteiger partial charge in [-0.3, -0.25) is 19.9 Å². The van der Waals surface area contributed by atoms with E-state index < -0.39 is 23.4 Å². The average Bonchev–Trinajstić information content (AvgIpc) is 3.38. The number of nitrogens with zero attached hydrogens (tertiary/aromatic N) is 5. The molecule has 0 spiro atoms. The number of pyridine rings is 1. The SMILES string of the molecule is Cc1c(C(=O)NCC2(c3nccn3C)NC(=O)NC2=O)cnn1-c1ccncc1. The second-order valence-corrected chi connectivity index (χ2v) is 6.62. The molecule has 4 heterocycles. The number of carbonyl (C=O) groups is 3. The van der Waals surface area contributed by atoms with Gasteiger partial charge in [0.25, 0.3) is 11.8 Å². The maximum absolute atomic E-state index is 12.8. The van der Waals surface area contributed by atoms with Crippen LogP contribution in [0.25, 0.3) is 5.69 Å². The summed E-state index contributed by atoms with van der Waals surface area (Å²) in [5.74, 6) is -0.697. The van der Waals surface area contributed by atoms with Gasteiger partial charge in [0.05, 0.1) is 29.7 Å². The lowest BCUT2D eigenvalue weighted by Gasteiger charge is -2.25. The molecular weight excluding hydrogens is 376 g/mol. The predicted molar refractivity (Wildman–Crippen MR) is 100.0 cm³/mol. The smallest absolute Gasteiger partial charge is 0.322 e. The molecule has 1 atom stereocenters. The standard InChI is InChI=1S/C18H18N8O3/c1-11-13(9-22-26(11)12-3-5-19-6-4-12)14(27)21-10-18(15-20-7-8-25(15)2)16(28)23-17(29)24-18/h3-9H,10H2,1-2H3,(H,21,27)(H2,23,24,28,29). The van der Waals surface area contributed by atoms with Gasteiger partial charge in [-0.1, -0.05) is 0 Å². The molecule has 0 aliphatic carbocycles. The molecule has 4 rings (SSSR count). The van der Waals surface area contributed by atoms with Crippen LogP contribution in [-0.4, -0.2) is 48.7 Å². The molecule has 1 fully saturated rings. The highest BCUT2D eigenvalue weighted by Gasteiger charge is 2.50. The zero-order valence-corrected chi connectivity index (χ0v) is 15.7.